The van der Waals surface area contributed by atoms with Gasteiger partial charge in [-0.3, -0.25) is 9.59 Å². The molecule has 1 saturated heterocycles. The fraction of sp³-hybridized carbons (Fsp3) is 0.481. The van der Waals surface area contributed by atoms with Crippen molar-refractivity contribution < 1.29 is 49.7 Å². The molecule has 7 atom stereocenters. The van der Waals surface area contributed by atoms with E-state index in [9.17, 15) is 40.2 Å². The molecule has 2 aliphatic carbocycles. The van der Waals surface area contributed by atoms with Crippen molar-refractivity contribution in [3.8, 4) is 17.2 Å². The fourth-order valence-corrected chi connectivity index (χ4v) is 5.90. The van der Waals surface area contributed by atoms with Crippen LogP contribution in [0.4, 0.5) is 0 Å². The second kappa shape index (κ2) is 9.30. The normalized spacial score (nSPS) is 32.5. The van der Waals surface area contributed by atoms with Gasteiger partial charge in [0.2, 0.25) is 5.78 Å². The first-order valence-electron chi connectivity index (χ1n) is 12.5. The number of aliphatic hydroxyl groups excluding tert-OH is 2. The minimum Gasteiger partial charge on any atom is -0.507 e. The maximum absolute atomic E-state index is 13.5. The third-order valence-corrected chi connectivity index (χ3v) is 8.14. The molecule has 3 aliphatic rings. The van der Waals surface area contributed by atoms with Gasteiger partial charge >= 0.3 is 0 Å². The van der Waals surface area contributed by atoms with Gasteiger partial charge in [0.05, 0.1) is 40.6 Å². The number of aromatic hydroxyl groups is 3. The number of hydrogen-bond acceptors (Lipinski definition) is 11. The van der Waals surface area contributed by atoms with Crippen LogP contribution < -0.4 is 5.32 Å². The van der Waals surface area contributed by atoms with E-state index in [2.05, 4.69) is 5.32 Å². The summed E-state index contributed by atoms with van der Waals surface area (Å²) in [5.41, 5.74) is -3.81. The van der Waals surface area contributed by atoms with E-state index in [1.807, 2.05) is 0 Å². The summed E-state index contributed by atoms with van der Waals surface area (Å²) in [6, 6.07) is 3.53. The predicted octanol–water partition coefficient (Wildman–Crippen LogP) is 1.30. The number of hydrogen-bond donors (Lipinski definition) is 7. The Balaban J connectivity index is 1.68. The van der Waals surface area contributed by atoms with Gasteiger partial charge in [0, 0.05) is 35.6 Å². The van der Waals surface area contributed by atoms with Crippen LogP contribution >= 0.6 is 0 Å². The molecular weight excluding hydrogens is 498 g/mol. The Morgan fingerprint density at radius 3 is 2.37 bits per heavy atom. The first kappa shape index (κ1) is 26.5. The second-order valence-corrected chi connectivity index (χ2v) is 10.2. The number of ether oxygens (including phenoxy) is 2. The molecule has 2 aromatic carbocycles. The topological polar surface area (TPSA) is 186 Å². The molecule has 38 heavy (non-hydrogen) atoms. The average Bonchev–Trinajstić information content (AvgIpc) is 2.88. The van der Waals surface area contributed by atoms with Gasteiger partial charge in [0.15, 0.2) is 12.1 Å². The minimum absolute atomic E-state index is 0.0358. The van der Waals surface area contributed by atoms with Crippen molar-refractivity contribution in [2.45, 2.75) is 75.5 Å². The van der Waals surface area contributed by atoms with Crippen LogP contribution in [0.3, 0.4) is 0 Å². The summed E-state index contributed by atoms with van der Waals surface area (Å²) in [6.45, 7) is 3.29. The zero-order valence-corrected chi connectivity index (χ0v) is 21.1. The van der Waals surface area contributed by atoms with Crippen molar-refractivity contribution in [2.24, 2.45) is 0 Å². The number of benzene rings is 2. The number of likely N-dealkylation sites (N-methyl/N-ethyl adjacent to an activating group) is 1. The highest BCUT2D eigenvalue weighted by molar-refractivity contribution is 6.31. The van der Waals surface area contributed by atoms with E-state index >= 15 is 0 Å². The lowest BCUT2D eigenvalue weighted by atomic mass is 9.70. The van der Waals surface area contributed by atoms with Gasteiger partial charge in [-0.15, -0.1) is 0 Å². The quantitative estimate of drug-likeness (QED) is 0.242. The fourth-order valence-electron chi connectivity index (χ4n) is 5.90. The van der Waals surface area contributed by atoms with Gasteiger partial charge in [0.25, 0.3) is 0 Å². The third kappa shape index (κ3) is 3.73. The highest BCUT2D eigenvalue weighted by atomic mass is 16.7. The summed E-state index contributed by atoms with van der Waals surface area (Å²) >= 11 is 0. The van der Waals surface area contributed by atoms with E-state index in [1.54, 1.807) is 20.9 Å². The van der Waals surface area contributed by atoms with Gasteiger partial charge < -0.3 is 45.4 Å². The van der Waals surface area contributed by atoms with Gasteiger partial charge in [-0.05, 0) is 26.5 Å². The van der Waals surface area contributed by atoms with Gasteiger partial charge in [-0.1, -0.05) is 19.1 Å². The highest BCUT2D eigenvalue weighted by Crippen LogP contribution is 2.56. The summed E-state index contributed by atoms with van der Waals surface area (Å²) in [7, 11) is 1.68. The van der Waals surface area contributed by atoms with Crippen LogP contribution in [0.25, 0.3) is 0 Å². The number of phenols is 3. The highest BCUT2D eigenvalue weighted by Gasteiger charge is 2.51. The Morgan fingerprint density at radius 1 is 1.05 bits per heavy atom. The number of nitrogens with one attached hydrogen (secondary N) is 1. The number of carbonyl (C=O) groups is 2. The lowest BCUT2D eigenvalue weighted by Gasteiger charge is -2.45. The van der Waals surface area contributed by atoms with Gasteiger partial charge in [-0.2, -0.15) is 0 Å². The Hall–Kier alpha value is -3.06. The molecule has 0 radical (unpaired) electrons. The summed E-state index contributed by atoms with van der Waals surface area (Å²) < 4.78 is 12.0. The van der Waals surface area contributed by atoms with Crippen molar-refractivity contribution in [1.82, 2.24) is 5.32 Å². The van der Waals surface area contributed by atoms with E-state index in [0.717, 1.165) is 0 Å². The van der Waals surface area contributed by atoms with Gasteiger partial charge in [0.1, 0.15) is 23.4 Å². The van der Waals surface area contributed by atoms with Crippen LogP contribution in [0, 0.1) is 0 Å². The number of rotatable bonds is 4. The molecule has 5 rings (SSSR count). The molecule has 0 aromatic heterocycles. The Morgan fingerprint density at radius 2 is 1.71 bits per heavy atom. The summed E-state index contributed by atoms with van der Waals surface area (Å²) in [5.74, 6) is -3.62. The lowest BCUT2D eigenvalue weighted by molar-refractivity contribution is -0.254. The van der Waals surface area contributed by atoms with Crippen molar-refractivity contribution in [3.05, 3.63) is 51.6 Å². The molecule has 7 N–H and O–H groups in total. The van der Waals surface area contributed by atoms with Crippen molar-refractivity contribution in [2.75, 3.05) is 7.05 Å². The van der Waals surface area contributed by atoms with Crippen LogP contribution in [-0.2, 0) is 9.47 Å². The van der Waals surface area contributed by atoms with E-state index in [4.69, 9.17) is 9.47 Å². The first-order valence-corrected chi connectivity index (χ1v) is 12.5. The molecule has 11 nitrogen and oxygen atoms in total. The van der Waals surface area contributed by atoms with E-state index in [-0.39, 0.29) is 47.6 Å². The molecule has 204 valence electrons. The standard InChI is InChI=1S/C27H31NO10/c1-4-27(36)9-14(38-15-8-12(28-3)21(30)10(2)37-15)17-20(26(27)35)25(34)18-19(24(17)33)23(32)16-11(22(18)31)6-5-7-13(16)29/h5-7,10,12,14-15,21,26,28-30,33-36H,4,8-9H2,1-3H3/t10-,12-,14-,15-,21+,26-,27+/m0/s1. The van der Waals surface area contributed by atoms with Crippen molar-refractivity contribution in [3.63, 3.8) is 0 Å². The molecule has 2 aromatic rings. The SMILES string of the molecule is CC[C@@]1(O)C[C@H](O[C@H]2C[C@H](NC)[C@H](O)[C@H](C)O2)c2c(O)c3c(c(O)c2[C@@H]1O)C(=O)c1cccc(O)c1C3=O. The minimum atomic E-state index is -1.81. The summed E-state index contributed by atoms with van der Waals surface area (Å²) in [5, 5.41) is 68.9. The van der Waals surface area contributed by atoms with Crippen LogP contribution in [0.15, 0.2) is 18.2 Å². The molecule has 0 spiro atoms. The summed E-state index contributed by atoms with van der Waals surface area (Å²) in [6.07, 6.45) is -5.22. The largest absolute Gasteiger partial charge is 0.507 e. The number of fused-ring (bicyclic) bond motifs is 3. The number of ketones is 2. The number of aliphatic hydroxyl groups is 3. The van der Waals surface area contributed by atoms with Crippen LogP contribution in [0.2, 0.25) is 0 Å². The van der Waals surface area contributed by atoms with Crippen LogP contribution in [0.1, 0.15) is 88.3 Å². The first-order chi connectivity index (χ1) is 17.9. The Kier molecular flexibility index (Phi) is 6.49. The van der Waals surface area contributed by atoms with E-state index < -0.39 is 76.2 Å². The smallest absolute Gasteiger partial charge is 0.202 e. The second-order valence-electron chi connectivity index (χ2n) is 10.2. The molecule has 0 amide bonds. The third-order valence-electron chi connectivity index (χ3n) is 8.14. The maximum Gasteiger partial charge on any atom is 0.202 e. The molecule has 0 bridgehead atoms. The molecule has 1 fully saturated rings. The summed E-state index contributed by atoms with van der Waals surface area (Å²) in [4.78, 5) is 26.8. The molecule has 0 unspecified atom stereocenters. The van der Waals surface area contributed by atoms with Crippen LogP contribution in [0.5, 0.6) is 17.2 Å². The zero-order valence-electron chi connectivity index (χ0n) is 21.1. The molecule has 11 heteroatoms. The molecule has 1 heterocycles. The van der Waals surface area contributed by atoms with Gasteiger partial charge in [-0.25, -0.2) is 0 Å². The van der Waals surface area contributed by atoms with Crippen molar-refractivity contribution >= 4 is 11.6 Å². The lowest BCUT2D eigenvalue weighted by Crippen LogP contribution is -2.53. The Labute approximate surface area is 218 Å². The van der Waals surface area contributed by atoms with Crippen molar-refractivity contribution in [1.29, 1.82) is 0 Å². The number of phenolic OH excluding ortho intramolecular Hbond substituents is 3. The maximum atomic E-state index is 13.5. The van der Waals surface area contributed by atoms with E-state index in [0.29, 0.717) is 0 Å². The monoisotopic (exact) mass is 529 g/mol. The predicted molar refractivity (Wildman–Crippen MR) is 131 cm³/mol. The number of carbonyl (C=O) groups excluding carboxylic acids is 2. The van der Waals surface area contributed by atoms with Crippen LogP contribution in [-0.4, -0.2) is 79.4 Å². The average molecular weight is 530 g/mol. The molecule has 0 saturated carbocycles. The molecular formula is C27H31NO10. The Bertz CT molecular complexity index is 1330. The zero-order chi connectivity index (χ0) is 27.7. The van der Waals surface area contributed by atoms with E-state index in [1.165, 1.54) is 18.2 Å². The molecule has 1 aliphatic heterocycles.